The second kappa shape index (κ2) is 7.79. The molecule has 0 aliphatic carbocycles. The van der Waals surface area contributed by atoms with Crippen LogP contribution in [0.3, 0.4) is 0 Å². The Balaban J connectivity index is 2.26. The Morgan fingerprint density at radius 2 is 1.38 bits per heavy atom. The van der Waals surface area contributed by atoms with Gasteiger partial charge in [-0.2, -0.15) is 30.7 Å². The number of hydrogen-bond acceptors (Lipinski definition) is 1. The van der Waals surface area contributed by atoms with Crippen molar-refractivity contribution in [2.45, 2.75) is 24.9 Å². The van der Waals surface area contributed by atoms with Crippen molar-refractivity contribution in [1.29, 1.82) is 0 Å². The average molecular weight is 470 g/mol. The third kappa shape index (κ3) is 3.91. The van der Waals surface area contributed by atoms with Crippen LogP contribution in [0, 0.1) is 24.3 Å². The van der Waals surface area contributed by atoms with Gasteiger partial charge in [-0.05, 0) is 54.9 Å². The van der Waals surface area contributed by atoms with E-state index in [2.05, 4.69) is 4.98 Å². The van der Waals surface area contributed by atoms with Gasteiger partial charge < -0.3 is 0 Å². The minimum atomic E-state index is -6.75. The molecule has 170 valence electrons. The molecule has 0 bridgehead atoms. The van der Waals surface area contributed by atoms with Crippen LogP contribution in [0.5, 0.6) is 0 Å². The van der Waals surface area contributed by atoms with E-state index in [1.54, 1.807) is 0 Å². The summed E-state index contributed by atoms with van der Waals surface area (Å²) in [7, 11) is 0. The van der Waals surface area contributed by atoms with Gasteiger partial charge in [0, 0.05) is 32.6 Å². The van der Waals surface area contributed by atoms with E-state index in [0.29, 0.717) is 18.2 Å². The maximum atomic E-state index is 14.5. The lowest BCUT2D eigenvalue weighted by molar-refractivity contribution is -0.359. The maximum absolute atomic E-state index is 14.5. The van der Waals surface area contributed by atoms with Gasteiger partial charge in [0.1, 0.15) is 17.5 Å². The van der Waals surface area contributed by atoms with Gasteiger partial charge in [-0.25, -0.2) is 13.2 Å². The van der Waals surface area contributed by atoms with Crippen molar-refractivity contribution in [3.8, 4) is 22.4 Å². The van der Waals surface area contributed by atoms with E-state index in [9.17, 15) is 43.9 Å². The Morgan fingerprint density at radius 3 is 1.97 bits per heavy atom. The van der Waals surface area contributed by atoms with Crippen LogP contribution in [0.1, 0.15) is 15.2 Å². The van der Waals surface area contributed by atoms with E-state index in [0.717, 1.165) is 18.2 Å². The highest BCUT2D eigenvalue weighted by Gasteiger charge is 2.73. The molecule has 0 aliphatic rings. The third-order valence-corrected chi connectivity index (χ3v) is 4.47. The van der Waals surface area contributed by atoms with Crippen molar-refractivity contribution in [3.05, 3.63) is 77.2 Å². The zero-order chi connectivity index (χ0) is 26.6. The molecule has 0 spiro atoms. The SMILES string of the molecule is [2H]C([2H])([2H])c1cnc(-c2ccc(F)c(-c3cc(F)ccc3F)c2)cc1C(F)(F)C(F)(F)C(F)(F)F. The number of aryl methyl sites for hydroxylation is 1. The summed E-state index contributed by atoms with van der Waals surface area (Å²) >= 11 is 0. The molecule has 0 N–H and O–H groups in total. The molecule has 0 unspecified atom stereocenters. The molecule has 0 atom stereocenters. The Labute approximate surface area is 178 Å². The van der Waals surface area contributed by atoms with Gasteiger partial charge in [0.2, 0.25) is 0 Å². The normalized spacial score (nSPS) is 14.6. The molecule has 0 aliphatic heterocycles. The lowest BCUT2D eigenvalue weighted by Gasteiger charge is -2.29. The molecular weight excluding hydrogens is 456 g/mol. The van der Waals surface area contributed by atoms with Crippen molar-refractivity contribution >= 4 is 0 Å². The Bertz CT molecular complexity index is 1270. The standard InChI is InChI=1S/C21H11F10N/c1-10-9-32-18(8-15(10)19(25,26)20(27,28)21(29,30)31)11-2-4-16(23)13(6-11)14-7-12(22)3-5-17(14)24/h2-9H,1H3/i1D3. The molecule has 1 nitrogen and oxygen atoms in total. The van der Waals surface area contributed by atoms with Crippen LogP contribution in [0.4, 0.5) is 43.9 Å². The Morgan fingerprint density at radius 1 is 0.781 bits per heavy atom. The first-order valence-corrected chi connectivity index (χ1v) is 8.46. The monoisotopic (exact) mass is 470 g/mol. The van der Waals surface area contributed by atoms with E-state index < -0.39 is 75.8 Å². The van der Waals surface area contributed by atoms with E-state index in [1.807, 2.05) is 0 Å². The molecule has 0 amide bonds. The van der Waals surface area contributed by atoms with Gasteiger partial charge >= 0.3 is 18.0 Å². The van der Waals surface area contributed by atoms with Crippen LogP contribution in [0.15, 0.2) is 48.7 Å². The van der Waals surface area contributed by atoms with Crippen molar-refractivity contribution < 1.29 is 48.0 Å². The predicted molar refractivity (Wildman–Crippen MR) is 94.6 cm³/mol. The quantitative estimate of drug-likeness (QED) is 0.362. The summed E-state index contributed by atoms with van der Waals surface area (Å²) in [5, 5.41) is 0. The highest BCUT2D eigenvalue weighted by molar-refractivity contribution is 5.72. The summed E-state index contributed by atoms with van der Waals surface area (Å²) in [6.45, 7) is -3.56. The maximum Gasteiger partial charge on any atom is 0.460 e. The number of rotatable bonds is 4. The summed E-state index contributed by atoms with van der Waals surface area (Å²) < 4.78 is 158. The number of halogens is 10. The van der Waals surface area contributed by atoms with Gasteiger partial charge in [0.25, 0.3) is 0 Å². The summed E-state index contributed by atoms with van der Waals surface area (Å²) in [6, 6.07) is 4.26. The lowest BCUT2D eigenvalue weighted by Crippen LogP contribution is -2.50. The van der Waals surface area contributed by atoms with Crippen LogP contribution in [0.2, 0.25) is 0 Å². The first-order valence-electron chi connectivity index (χ1n) is 9.96. The number of aromatic nitrogens is 1. The molecule has 3 aromatic rings. The fourth-order valence-corrected chi connectivity index (χ4v) is 2.82. The van der Waals surface area contributed by atoms with Crippen LogP contribution < -0.4 is 0 Å². The number of pyridine rings is 1. The predicted octanol–water partition coefficient (Wildman–Crippen LogP) is 7.43. The second-order valence-corrected chi connectivity index (χ2v) is 6.58. The fourth-order valence-electron chi connectivity index (χ4n) is 2.82. The minimum absolute atomic E-state index is 0.000303. The van der Waals surface area contributed by atoms with E-state index in [4.69, 9.17) is 4.11 Å². The molecule has 0 radical (unpaired) electrons. The first-order chi connectivity index (χ1) is 15.9. The van der Waals surface area contributed by atoms with Crippen LogP contribution >= 0.6 is 0 Å². The van der Waals surface area contributed by atoms with Crippen molar-refractivity contribution in [2.24, 2.45) is 0 Å². The van der Waals surface area contributed by atoms with E-state index in [1.165, 1.54) is 0 Å². The molecule has 0 saturated carbocycles. The Kier molecular flexibility index (Phi) is 4.76. The molecule has 1 heterocycles. The van der Waals surface area contributed by atoms with Gasteiger partial charge in [0.05, 0.1) is 5.69 Å². The smallest absolute Gasteiger partial charge is 0.256 e. The second-order valence-electron chi connectivity index (χ2n) is 6.58. The van der Waals surface area contributed by atoms with Crippen LogP contribution in [-0.4, -0.2) is 17.1 Å². The fraction of sp³-hybridized carbons (Fsp3) is 0.190. The third-order valence-electron chi connectivity index (χ3n) is 4.47. The largest absolute Gasteiger partial charge is 0.460 e. The summed E-state index contributed by atoms with van der Waals surface area (Å²) in [5.74, 6) is -15.9. The van der Waals surface area contributed by atoms with Crippen molar-refractivity contribution in [2.75, 3.05) is 0 Å². The molecule has 32 heavy (non-hydrogen) atoms. The van der Waals surface area contributed by atoms with Crippen LogP contribution in [-0.2, 0) is 5.92 Å². The zero-order valence-corrected chi connectivity index (χ0v) is 15.3. The molecule has 0 fully saturated rings. The van der Waals surface area contributed by atoms with E-state index >= 15 is 0 Å². The van der Waals surface area contributed by atoms with Gasteiger partial charge in [-0.1, -0.05) is 0 Å². The number of alkyl halides is 7. The highest BCUT2D eigenvalue weighted by Crippen LogP contribution is 2.52. The lowest BCUT2D eigenvalue weighted by atomic mass is 9.95. The number of benzene rings is 2. The summed E-state index contributed by atoms with van der Waals surface area (Å²) in [6.07, 6.45) is -6.58. The van der Waals surface area contributed by atoms with Gasteiger partial charge in [0.15, 0.2) is 0 Å². The molecule has 2 aromatic carbocycles. The van der Waals surface area contributed by atoms with Gasteiger partial charge in [-0.3, -0.25) is 4.98 Å². The molecular formula is C21H11F10N. The van der Waals surface area contributed by atoms with Crippen molar-refractivity contribution in [3.63, 3.8) is 0 Å². The van der Waals surface area contributed by atoms with Crippen LogP contribution in [0.25, 0.3) is 22.4 Å². The van der Waals surface area contributed by atoms with Crippen molar-refractivity contribution in [1.82, 2.24) is 4.98 Å². The van der Waals surface area contributed by atoms with Gasteiger partial charge in [-0.15, -0.1) is 0 Å². The molecule has 3 rings (SSSR count). The molecule has 0 saturated heterocycles. The van der Waals surface area contributed by atoms with E-state index in [-0.39, 0.29) is 12.3 Å². The number of hydrogen-bond donors (Lipinski definition) is 0. The summed E-state index contributed by atoms with van der Waals surface area (Å²) in [4.78, 5) is 3.53. The number of nitrogens with zero attached hydrogens (tertiary/aromatic N) is 1. The highest BCUT2D eigenvalue weighted by atomic mass is 19.4. The first kappa shape index (κ1) is 19.6. The Hall–Kier alpha value is -3.11. The topological polar surface area (TPSA) is 12.9 Å². The minimum Gasteiger partial charge on any atom is -0.256 e. The molecule has 1 aromatic heterocycles. The zero-order valence-electron chi connectivity index (χ0n) is 18.3. The average Bonchev–Trinajstić information content (AvgIpc) is 2.74. The summed E-state index contributed by atoms with van der Waals surface area (Å²) in [5.41, 5.74) is -6.15. The molecule has 11 heteroatoms.